The fourth-order valence-electron chi connectivity index (χ4n) is 1.33. The van der Waals surface area contributed by atoms with Crippen LogP contribution in [-0.4, -0.2) is 20.7 Å². The van der Waals surface area contributed by atoms with Crippen molar-refractivity contribution in [3.05, 3.63) is 30.5 Å². The van der Waals surface area contributed by atoms with Gasteiger partial charge in [-0.15, -0.1) is 0 Å². The SMILES string of the molecule is CC(=O)Cc1ncc(-c2cc[nH]c2)[nH]1. The van der Waals surface area contributed by atoms with Crippen molar-refractivity contribution in [2.75, 3.05) is 0 Å². The van der Waals surface area contributed by atoms with Crippen molar-refractivity contribution < 1.29 is 4.79 Å². The summed E-state index contributed by atoms with van der Waals surface area (Å²) >= 11 is 0. The molecule has 0 aliphatic heterocycles. The number of Topliss-reactive ketones (excluding diaryl/α,β-unsaturated/α-hetero) is 1. The smallest absolute Gasteiger partial charge is 0.137 e. The highest BCUT2D eigenvalue weighted by Gasteiger charge is 2.04. The van der Waals surface area contributed by atoms with E-state index in [4.69, 9.17) is 0 Å². The average molecular weight is 189 g/mol. The monoisotopic (exact) mass is 189 g/mol. The van der Waals surface area contributed by atoms with Crippen LogP contribution in [0.5, 0.6) is 0 Å². The highest BCUT2D eigenvalue weighted by Crippen LogP contribution is 2.15. The molecule has 0 amide bonds. The van der Waals surface area contributed by atoms with Gasteiger partial charge in [-0.1, -0.05) is 0 Å². The Morgan fingerprint density at radius 1 is 1.57 bits per heavy atom. The summed E-state index contributed by atoms with van der Waals surface area (Å²) in [5, 5.41) is 0. The fourth-order valence-corrected chi connectivity index (χ4v) is 1.33. The van der Waals surface area contributed by atoms with E-state index in [0.717, 1.165) is 11.3 Å². The molecule has 2 rings (SSSR count). The fraction of sp³-hybridized carbons (Fsp3) is 0.200. The van der Waals surface area contributed by atoms with Gasteiger partial charge in [-0.2, -0.15) is 0 Å². The zero-order chi connectivity index (χ0) is 9.97. The molecule has 4 heteroatoms. The zero-order valence-corrected chi connectivity index (χ0v) is 7.87. The predicted octanol–water partition coefficient (Wildman–Crippen LogP) is 1.54. The van der Waals surface area contributed by atoms with Crippen LogP contribution in [0.1, 0.15) is 12.7 Å². The summed E-state index contributed by atoms with van der Waals surface area (Å²) in [5.41, 5.74) is 1.98. The zero-order valence-electron chi connectivity index (χ0n) is 7.87. The molecule has 2 aromatic heterocycles. The Morgan fingerprint density at radius 3 is 3.07 bits per heavy atom. The molecule has 4 nitrogen and oxygen atoms in total. The van der Waals surface area contributed by atoms with Gasteiger partial charge in [-0.05, 0) is 13.0 Å². The Balaban J connectivity index is 2.22. The van der Waals surface area contributed by atoms with Gasteiger partial charge >= 0.3 is 0 Å². The van der Waals surface area contributed by atoms with E-state index in [-0.39, 0.29) is 5.78 Å². The normalized spacial score (nSPS) is 10.4. The number of rotatable bonds is 3. The summed E-state index contributed by atoms with van der Waals surface area (Å²) in [7, 11) is 0. The maximum absolute atomic E-state index is 10.8. The summed E-state index contributed by atoms with van der Waals surface area (Å²) in [6, 6.07) is 1.95. The lowest BCUT2D eigenvalue weighted by atomic mass is 10.3. The lowest BCUT2D eigenvalue weighted by Gasteiger charge is -1.91. The molecule has 2 N–H and O–H groups in total. The number of imidazole rings is 1. The first-order chi connectivity index (χ1) is 6.75. The van der Waals surface area contributed by atoms with Crippen LogP contribution in [0.2, 0.25) is 0 Å². The van der Waals surface area contributed by atoms with Crippen molar-refractivity contribution in [1.82, 2.24) is 15.0 Å². The van der Waals surface area contributed by atoms with Gasteiger partial charge in [0, 0.05) is 18.0 Å². The lowest BCUT2D eigenvalue weighted by Crippen LogP contribution is -1.97. The molecule has 0 aromatic carbocycles. The van der Waals surface area contributed by atoms with Crippen molar-refractivity contribution >= 4 is 5.78 Å². The lowest BCUT2D eigenvalue weighted by molar-refractivity contribution is -0.116. The third-order valence-electron chi connectivity index (χ3n) is 1.95. The molecular weight excluding hydrogens is 178 g/mol. The van der Waals surface area contributed by atoms with Crippen LogP contribution < -0.4 is 0 Å². The summed E-state index contributed by atoms with van der Waals surface area (Å²) in [4.78, 5) is 21.0. The molecule has 14 heavy (non-hydrogen) atoms. The van der Waals surface area contributed by atoms with E-state index in [9.17, 15) is 4.79 Å². The van der Waals surface area contributed by atoms with E-state index in [1.54, 1.807) is 13.1 Å². The first kappa shape index (κ1) is 8.74. The van der Waals surface area contributed by atoms with Gasteiger partial charge < -0.3 is 9.97 Å². The number of aromatic nitrogens is 3. The summed E-state index contributed by atoms with van der Waals surface area (Å²) in [6.07, 6.45) is 5.83. The number of H-pyrrole nitrogens is 2. The quantitative estimate of drug-likeness (QED) is 0.769. The second-order valence-corrected chi connectivity index (χ2v) is 3.22. The number of carbonyl (C=O) groups excluding carboxylic acids is 1. The van der Waals surface area contributed by atoms with E-state index < -0.39 is 0 Å². The molecule has 0 fully saturated rings. The van der Waals surface area contributed by atoms with E-state index in [2.05, 4.69) is 15.0 Å². The van der Waals surface area contributed by atoms with Crippen molar-refractivity contribution in [3.63, 3.8) is 0 Å². The second-order valence-electron chi connectivity index (χ2n) is 3.22. The van der Waals surface area contributed by atoms with Crippen LogP contribution >= 0.6 is 0 Å². The van der Waals surface area contributed by atoms with Gasteiger partial charge in [0.05, 0.1) is 18.3 Å². The number of hydrogen-bond donors (Lipinski definition) is 2. The van der Waals surface area contributed by atoms with Gasteiger partial charge in [0.1, 0.15) is 11.6 Å². The van der Waals surface area contributed by atoms with Crippen molar-refractivity contribution in [1.29, 1.82) is 0 Å². The van der Waals surface area contributed by atoms with Gasteiger partial charge in [0.25, 0.3) is 0 Å². The molecule has 0 aliphatic carbocycles. The van der Waals surface area contributed by atoms with Crippen LogP contribution in [0.3, 0.4) is 0 Å². The topological polar surface area (TPSA) is 61.5 Å². The molecule has 72 valence electrons. The second kappa shape index (κ2) is 3.49. The molecule has 0 unspecified atom stereocenters. The van der Waals surface area contributed by atoms with Gasteiger partial charge in [0.2, 0.25) is 0 Å². The predicted molar refractivity (Wildman–Crippen MR) is 52.8 cm³/mol. The number of aromatic amines is 2. The van der Waals surface area contributed by atoms with Gasteiger partial charge in [0.15, 0.2) is 0 Å². The van der Waals surface area contributed by atoms with E-state index in [1.165, 1.54) is 0 Å². The van der Waals surface area contributed by atoms with Crippen molar-refractivity contribution in [2.24, 2.45) is 0 Å². The number of carbonyl (C=O) groups is 1. The maximum atomic E-state index is 10.8. The van der Waals surface area contributed by atoms with Gasteiger partial charge in [-0.25, -0.2) is 4.98 Å². The molecule has 0 spiro atoms. The highest BCUT2D eigenvalue weighted by molar-refractivity contribution is 5.77. The molecule has 0 atom stereocenters. The number of nitrogens with zero attached hydrogens (tertiary/aromatic N) is 1. The Kier molecular flexibility index (Phi) is 2.18. The first-order valence-corrected chi connectivity index (χ1v) is 4.42. The van der Waals surface area contributed by atoms with Crippen LogP contribution in [-0.2, 0) is 11.2 Å². The molecule has 0 saturated carbocycles. The summed E-state index contributed by atoms with van der Waals surface area (Å²) < 4.78 is 0. The average Bonchev–Trinajstić information content (AvgIpc) is 2.69. The maximum Gasteiger partial charge on any atom is 0.137 e. The highest BCUT2D eigenvalue weighted by atomic mass is 16.1. The number of hydrogen-bond acceptors (Lipinski definition) is 2. The third kappa shape index (κ3) is 1.74. The van der Waals surface area contributed by atoms with Gasteiger partial charge in [-0.3, -0.25) is 4.79 Å². The minimum atomic E-state index is 0.111. The van der Waals surface area contributed by atoms with Crippen LogP contribution in [0.4, 0.5) is 0 Å². The molecule has 2 heterocycles. The molecular formula is C10H11N3O. The largest absolute Gasteiger partial charge is 0.367 e. The minimum Gasteiger partial charge on any atom is -0.367 e. The standard InChI is InChI=1S/C10H11N3O/c1-7(14)4-10-12-6-9(13-10)8-2-3-11-5-8/h2-3,5-6,11H,4H2,1H3,(H,12,13). The van der Waals surface area contributed by atoms with Crippen LogP contribution in [0.15, 0.2) is 24.7 Å². The van der Waals surface area contributed by atoms with E-state index >= 15 is 0 Å². The third-order valence-corrected chi connectivity index (χ3v) is 1.95. The first-order valence-electron chi connectivity index (χ1n) is 4.42. The van der Waals surface area contributed by atoms with Crippen LogP contribution in [0, 0.1) is 0 Å². The molecule has 0 aliphatic rings. The molecule has 0 bridgehead atoms. The molecule has 0 saturated heterocycles. The summed E-state index contributed by atoms with van der Waals surface area (Å²) in [5.74, 6) is 0.827. The Bertz CT molecular complexity index is 428. The Morgan fingerprint density at radius 2 is 2.43 bits per heavy atom. The van der Waals surface area contributed by atoms with Crippen LogP contribution in [0.25, 0.3) is 11.3 Å². The van der Waals surface area contributed by atoms with Crippen molar-refractivity contribution in [3.8, 4) is 11.3 Å². The van der Waals surface area contributed by atoms with E-state index in [1.807, 2.05) is 18.5 Å². The molecule has 0 radical (unpaired) electrons. The Labute approximate surface area is 81.4 Å². The van der Waals surface area contributed by atoms with E-state index in [0.29, 0.717) is 12.2 Å². The number of nitrogens with one attached hydrogen (secondary N) is 2. The minimum absolute atomic E-state index is 0.111. The van der Waals surface area contributed by atoms with Crippen molar-refractivity contribution in [2.45, 2.75) is 13.3 Å². The summed E-state index contributed by atoms with van der Waals surface area (Å²) in [6.45, 7) is 1.55. The Hall–Kier alpha value is -1.84. The molecule has 2 aromatic rings. The number of ketones is 1.